The zero-order chi connectivity index (χ0) is 57.1. The van der Waals surface area contributed by atoms with E-state index >= 15 is 4.39 Å². The molecule has 7 aliphatic rings. The van der Waals surface area contributed by atoms with E-state index in [1.807, 2.05) is 0 Å². The zero-order valence-electron chi connectivity index (χ0n) is 45.2. The summed E-state index contributed by atoms with van der Waals surface area (Å²) in [4.78, 5) is 102. The maximum Gasteiger partial charge on any atom is 0.410 e. The van der Waals surface area contributed by atoms with E-state index in [9.17, 15) is 54.0 Å². The molecule has 2 aliphatic carbocycles. The molecular formula is C57H66FN5O16. The topological polar surface area (TPSA) is 273 Å². The molecule has 10 rings (SSSR count). The van der Waals surface area contributed by atoms with Crippen LogP contribution >= 0.6 is 0 Å². The summed E-state index contributed by atoms with van der Waals surface area (Å²) in [6.45, 7) is 12.0. The van der Waals surface area contributed by atoms with Crippen LogP contribution in [0.2, 0.25) is 0 Å². The molecule has 0 unspecified atom stereocenters. The number of methoxy groups -OCH3 is 1. The predicted octanol–water partition coefficient (Wildman–Crippen LogP) is 5.17. The van der Waals surface area contributed by atoms with Crippen LogP contribution in [0.5, 0.6) is 11.5 Å². The van der Waals surface area contributed by atoms with Gasteiger partial charge in [0, 0.05) is 106 Å². The Hall–Kier alpha value is -7.40. The van der Waals surface area contributed by atoms with Crippen LogP contribution in [0.3, 0.4) is 0 Å². The Morgan fingerprint density at radius 1 is 0.848 bits per heavy atom. The van der Waals surface area contributed by atoms with Gasteiger partial charge in [0.25, 0.3) is 11.7 Å². The van der Waals surface area contributed by atoms with E-state index in [0.29, 0.717) is 5.52 Å². The number of aliphatic hydroxyl groups excluding tert-OH is 2. The number of benzene rings is 2. The van der Waals surface area contributed by atoms with Crippen molar-refractivity contribution < 1.29 is 77.3 Å². The molecule has 1 aromatic heterocycles. The molecule has 0 radical (unpaired) electrons. The number of amides is 2. The number of carboxylic acid groups (broad SMARTS) is 1. The molecule has 6 heterocycles. The summed E-state index contributed by atoms with van der Waals surface area (Å²) in [6, 6.07) is 2.57. The van der Waals surface area contributed by atoms with Crippen molar-refractivity contribution in [2.75, 3.05) is 64.5 Å². The lowest BCUT2D eigenvalue weighted by molar-refractivity contribution is -0.116. The fourth-order valence-electron chi connectivity index (χ4n) is 11.3. The Balaban J connectivity index is 1.02. The average molecular weight is 1100 g/mol. The molecule has 2 aromatic carbocycles. The highest BCUT2D eigenvalue weighted by Crippen LogP contribution is 2.49. The molecule has 2 saturated heterocycles. The Morgan fingerprint density at radius 2 is 1.53 bits per heavy atom. The Kier molecular flexibility index (Phi) is 15.7. The molecule has 0 spiro atoms. The zero-order valence-corrected chi connectivity index (χ0v) is 45.2. The summed E-state index contributed by atoms with van der Waals surface area (Å²) < 4.78 is 47.6. The van der Waals surface area contributed by atoms with E-state index in [1.165, 1.54) is 63.3 Å². The van der Waals surface area contributed by atoms with Gasteiger partial charge in [0.2, 0.25) is 17.0 Å². The van der Waals surface area contributed by atoms with Crippen molar-refractivity contribution in [3.8, 4) is 11.5 Å². The van der Waals surface area contributed by atoms with E-state index in [-0.39, 0.29) is 97.7 Å². The number of fused-ring (bicyclic) bond motifs is 15. The summed E-state index contributed by atoms with van der Waals surface area (Å²) in [6.07, 6.45) is 4.70. The number of hydrogen-bond donors (Lipinski definition) is 5. The summed E-state index contributed by atoms with van der Waals surface area (Å²) in [7, 11) is 1.39. The van der Waals surface area contributed by atoms with Crippen molar-refractivity contribution in [3.63, 3.8) is 0 Å². The standard InChI is InChI=1S/C57H66FN5O16/c1-27-10-9-11-28(2)54(71)59-43-44(61-19-22-76-23-20-61)50(69)40-41(49(43)68)47(66)32(6)52-42(40)53(70)57(7,79-52)77-21-14-39(75-8)29(3)51(31(5)46(65)30(4)45(27)64)78-56(74)62-17-15-60(16-18-62)38-25-37-34(24-36(38)58)48(67)35(55(72)73)26-63(37)33-12-13-33/h9-11,14,21,24-27,29-31,33,39,45-46,51,64-66H,12-13,15-20,22-23H2,1-8H3,(H,59,71)(H,72,73)/t27-,29+,30+,31+,39-,45-,46+,51+,57-/m0/s1. The number of pyridine rings is 1. The number of hydrogen-bond acceptors (Lipinski definition) is 17. The molecule has 2 amide bonds. The van der Waals surface area contributed by atoms with Gasteiger partial charge >= 0.3 is 17.8 Å². The first-order valence-electron chi connectivity index (χ1n) is 26.5. The third-order valence-corrected chi connectivity index (χ3v) is 16.3. The number of rotatable bonds is 6. The number of morpholine rings is 1. The van der Waals surface area contributed by atoms with Crippen molar-refractivity contribution in [2.24, 2.45) is 23.7 Å². The molecule has 3 fully saturated rings. The van der Waals surface area contributed by atoms with Crippen molar-refractivity contribution in [1.29, 1.82) is 0 Å². The summed E-state index contributed by atoms with van der Waals surface area (Å²) in [5.41, 5.74) is -2.43. The van der Waals surface area contributed by atoms with E-state index in [2.05, 4.69) is 5.32 Å². The molecule has 5 N–H and O–H groups in total. The number of piperazine rings is 1. The normalized spacial score (nSPS) is 28.2. The molecule has 5 aliphatic heterocycles. The van der Waals surface area contributed by atoms with Gasteiger partial charge in [-0.25, -0.2) is 14.0 Å². The summed E-state index contributed by atoms with van der Waals surface area (Å²) >= 11 is 0. The highest BCUT2D eigenvalue weighted by atomic mass is 19.1. The number of nitrogens with one attached hydrogen (secondary N) is 1. The number of allylic oxidation sites excluding steroid dienone is 4. The van der Waals surface area contributed by atoms with Gasteiger partial charge in [-0.1, -0.05) is 45.9 Å². The van der Waals surface area contributed by atoms with Gasteiger partial charge in [-0.3, -0.25) is 24.0 Å². The number of aromatic hydroxyl groups is 1. The predicted molar refractivity (Wildman–Crippen MR) is 282 cm³/mol. The number of phenolic OH excluding ortho intramolecular Hbond substituents is 1. The van der Waals surface area contributed by atoms with E-state index in [4.69, 9.17) is 23.7 Å². The van der Waals surface area contributed by atoms with Crippen molar-refractivity contribution >= 4 is 51.9 Å². The number of nitrogens with zero attached hydrogens (tertiary/aromatic N) is 4. The maximum atomic E-state index is 15.9. The van der Waals surface area contributed by atoms with Gasteiger partial charge < -0.3 is 68.7 Å². The number of aromatic carboxylic acids is 1. The van der Waals surface area contributed by atoms with Crippen molar-refractivity contribution in [3.05, 3.63) is 110 Å². The van der Waals surface area contributed by atoms with E-state index in [1.54, 1.807) is 48.1 Å². The second-order valence-corrected chi connectivity index (χ2v) is 21.5. The van der Waals surface area contributed by atoms with Crippen LogP contribution in [0.25, 0.3) is 10.9 Å². The molecule has 5 bridgehead atoms. The molecule has 422 valence electrons. The lowest BCUT2D eigenvalue weighted by atomic mass is 9.78. The molecule has 1 saturated carbocycles. The lowest BCUT2D eigenvalue weighted by Gasteiger charge is -2.40. The van der Waals surface area contributed by atoms with Gasteiger partial charge in [0.05, 0.1) is 65.7 Å². The Labute approximate surface area is 454 Å². The van der Waals surface area contributed by atoms with Crippen molar-refractivity contribution in [2.45, 2.75) is 97.6 Å². The number of halogens is 1. The van der Waals surface area contributed by atoms with E-state index in [0.717, 1.165) is 25.2 Å². The number of carbonyl (C=O) groups excluding carboxylic acids is 5. The minimum Gasteiger partial charge on any atom is -0.507 e. The summed E-state index contributed by atoms with van der Waals surface area (Å²) in [5.74, 6) is -11.6. The molecule has 3 aromatic rings. The average Bonchev–Trinajstić information content (AvgIpc) is 4.45. The number of anilines is 1. The largest absolute Gasteiger partial charge is 0.507 e. The minimum absolute atomic E-state index is 0.0350. The quantitative estimate of drug-likeness (QED) is 0.213. The number of aromatic nitrogens is 1. The number of Topliss-reactive ketones (excluding diaryl/α,β-unsaturated/α-hetero) is 3. The first-order chi connectivity index (χ1) is 37.5. The monoisotopic (exact) mass is 1100 g/mol. The molecule has 9 atom stereocenters. The van der Waals surface area contributed by atoms with Crippen LogP contribution in [0.4, 0.5) is 14.9 Å². The second-order valence-electron chi connectivity index (χ2n) is 21.5. The third kappa shape index (κ3) is 10.3. The molecule has 21 nitrogen and oxygen atoms in total. The Morgan fingerprint density at radius 3 is 2.18 bits per heavy atom. The maximum absolute atomic E-state index is 15.9. The smallest absolute Gasteiger partial charge is 0.410 e. The van der Waals surface area contributed by atoms with Gasteiger partial charge in [-0.05, 0) is 44.9 Å². The third-order valence-electron chi connectivity index (χ3n) is 16.3. The molecular weight excluding hydrogens is 1030 g/mol. The van der Waals surface area contributed by atoms with Crippen LogP contribution in [-0.2, 0) is 23.7 Å². The number of aliphatic hydroxyl groups is 2. The lowest BCUT2D eigenvalue weighted by Crippen LogP contribution is -2.52. The van der Waals surface area contributed by atoms with Crippen LogP contribution < -0.4 is 20.4 Å². The highest BCUT2D eigenvalue weighted by Gasteiger charge is 2.53. The number of phenols is 1. The van der Waals surface area contributed by atoms with Gasteiger partial charge in [0.15, 0.2) is 0 Å². The first kappa shape index (κ1) is 56.3. The van der Waals surface area contributed by atoms with Crippen LogP contribution in [0.15, 0.2) is 70.7 Å². The number of carbonyl (C=O) groups is 6. The van der Waals surface area contributed by atoms with Gasteiger partial charge in [-0.2, -0.15) is 0 Å². The molecule has 22 heteroatoms. The fraction of sp³-hybridized carbons (Fsp3) is 0.491. The minimum atomic E-state index is -2.17. The fourth-order valence-corrected chi connectivity index (χ4v) is 11.3. The van der Waals surface area contributed by atoms with Gasteiger partial charge in [0.1, 0.15) is 40.4 Å². The first-order valence-corrected chi connectivity index (χ1v) is 26.5. The van der Waals surface area contributed by atoms with Crippen LogP contribution in [0.1, 0.15) is 107 Å². The van der Waals surface area contributed by atoms with Gasteiger partial charge in [-0.15, -0.1) is 0 Å². The van der Waals surface area contributed by atoms with Crippen LogP contribution in [0, 0.1) is 36.4 Å². The second kappa shape index (κ2) is 22.0. The van der Waals surface area contributed by atoms with E-state index < -0.39 is 129 Å². The summed E-state index contributed by atoms with van der Waals surface area (Å²) in [5, 5.41) is 47.7. The SMILES string of the molecule is CO[C@H]1C=CO[C@@]2(C)Oc3c(C)c(O)c4c(c3C2=O)C(=O)C(N2CCOCC2)=C(NC(=O)C(C)=CC=C[C@H](C)[C@H](O)[C@@H](C)[C@@H](O)[C@@H](C)[C@H](OC(=O)N2CCN(c3cc5c(cc3F)c(=O)c(C(=O)O)cn5C3CC3)CC2)[C@@H]1C)C4=O. The number of ether oxygens (including phenoxy) is 5. The van der Waals surface area contributed by atoms with Crippen molar-refractivity contribution in [1.82, 2.24) is 19.7 Å². The number of carboxylic acids is 1. The highest BCUT2D eigenvalue weighted by molar-refractivity contribution is 6.32. The molecule has 79 heavy (non-hydrogen) atoms. The number of ketones is 3. The Bertz CT molecular complexity index is 3220. The van der Waals surface area contributed by atoms with Crippen LogP contribution in [-0.4, -0.2) is 160 Å².